The van der Waals surface area contributed by atoms with Crippen molar-refractivity contribution in [2.45, 2.75) is 26.2 Å². The van der Waals surface area contributed by atoms with Crippen LogP contribution in [0.3, 0.4) is 0 Å². The maximum Gasteiger partial charge on any atom is 0.330 e. The van der Waals surface area contributed by atoms with Crippen LogP contribution in [0.5, 0.6) is 0 Å². The Kier molecular flexibility index (Phi) is 5.71. The number of H-pyrrole nitrogens is 1. The van der Waals surface area contributed by atoms with Crippen LogP contribution in [-0.4, -0.2) is 22.3 Å². The molecule has 1 aromatic rings. The molecule has 0 bridgehead atoms. The third-order valence-electron chi connectivity index (χ3n) is 2.50. The minimum atomic E-state index is -1.06. The highest BCUT2D eigenvalue weighted by atomic mass is 32.2. The number of carboxylic acid groups (broad SMARTS) is 1. The SMILES string of the molecule is CCCCc1cc(=O)[nH]c(=C\C(=O)O)/c1=C\SC. The lowest BCUT2D eigenvalue weighted by atomic mass is 10.1. The van der Waals surface area contributed by atoms with Gasteiger partial charge in [-0.1, -0.05) is 13.3 Å². The number of thioether (sulfide) groups is 1. The third kappa shape index (κ3) is 4.07. The van der Waals surface area contributed by atoms with Crippen LogP contribution < -0.4 is 16.1 Å². The summed E-state index contributed by atoms with van der Waals surface area (Å²) < 4.78 is 0. The van der Waals surface area contributed by atoms with E-state index in [0.29, 0.717) is 5.35 Å². The molecule has 0 aliphatic carbocycles. The molecule has 1 aromatic heterocycles. The van der Waals surface area contributed by atoms with Gasteiger partial charge in [0.25, 0.3) is 0 Å². The molecule has 5 heteroatoms. The monoisotopic (exact) mass is 267 g/mol. The zero-order chi connectivity index (χ0) is 13.5. The molecular weight excluding hydrogens is 250 g/mol. The smallest absolute Gasteiger partial charge is 0.330 e. The number of unbranched alkanes of at least 4 members (excludes halogenated alkanes) is 1. The van der Waals surface area contributed by atoms with Gasteiger partial charge in [-0.25, -0.2) is 4.79 Å². The number of pyridine rings is 1. The average Bonchev–Trinajstić information content (AvgIpc) is 2.29. The minimum Gasteiger partial charge on any atom is -0.478 e. The van der Waals surface area contributed by atoms with Crippen LogP contribution in [0.1, 0.15) is 25.3 Å². The van der Waals surface area contributed by atoms with Crippen LogP contribution in [0, 0.1) is 0 Å². The van der Waals surface area contributed by atoms with Gasteiger partial charge in [0.2, 0.25) is 5.56 Å². The van der Waals surface area contributed by atoms with E-state index in [4.69, 9.17) is 5.11 Å². The maximum absolute atomic E-state index is 11.5. The van der Waals surface area contributed by atoms with Crippen molar-refractivity contribution in [1.82, 2.24) is 4.98 Å². The highest BCUT2D eigenvalue weighted by Crippen LogP contribution is 1.98. The fraction of sp³-hybridized carbons (Fsp3) is 0.385. The first-order valence-corrected chi connectivity index (χ1v) is 7.07. The lowest BCUT2D eigenvalue weighted by Crippen LogP contribution is -2.37. The summed E-state index contributed by atoms with van der Waals surface area (Å²) in [5, 5.41) is 11.9. The number of aliphatic carboxylic acids is 1. The molecule has 1 heterocycles. The number of rotatable bonds is 5. The molecule has 0 radical (unpaired) electrons. The van der Waals surface area contributed by atoms with Gasteiger partial charge in [-0.15, -0.1) is 11.8 Å². The molecule has 0 spiro atoms. The Bertz CT molecular complexity index is 589. The highest BCUT2D eigenvalue weighted by molar-refractivity contribution is 8.05. The number of aromatic nitrogens is 1. The van der Waals surface area contributed by atoms with Crippen LogP contribution in [0.4, 0.5) is 0 Å². The van der Waals surface area contributed by atoms with Crippen molar-refractivity contribution in [3.8, 4) is 0 Å². The van der Waals surface area contributed by atoms with Crippen molar-refractivity contribution in [1.29, 1.82) is 0 Å². The number of carbonyl (C=O) groups is 1. The Hall–Kier alpha value is -1.49. The number of carboxylic acids is 1. The van der Waals surface area contributed by atoms with Crippen molar-refractivity contribution in [2.75, 3.05) is 6.26 Å². The molecule has 0 saturated heterocycles. The summed E-state index contributed by atoms with van der Waals surface area (Å²) in [6.07, 6.45) is 5.74. The van der Waals surface area contributed by atoms with Gasteiger partial charge in [0, 0.05) is 17.4 Å². The van der Waals surface area contributed by atoms with Gasteiger partial charge in [-0.05, 0) is 30.1 Å². The molecular formula is C13H17NO3S. The van der Waals surface area contributed by atoms with Crippen LogP contribution in [0.15, 0.2) is 10.9 Å². The van der Waals surface area contributed by atoms with E-state index < -0.39 is 5.97 Å². The van der Waals surface area contributed by atoms with Crippen LogP contribution >= 0.6 is 11.8 Å². The van der Waals surface area contributed by atoms with Gasteiger partial charge in [-0.2, -0.15) is 0 Å². The minimum absolute atomic E-state index is 0.258. The molecule has 0 fully saturated rings. The molecule has 0 aliphatic heterocycles. The molecule has 0 amide bonds. The predicted octanol–water partition coefficient (Wildman–Crippen LogP) is 0.684. The third-order valence-corrected chi connectivity index (χ3v) is 2.97. The summed E-state index contributed by atoms with van der Waals surface area (Å²) in [6, 6.07) is 1.55. The lowest BCUT2D eigenvalue weighted by Gasteiger charge is -2.02. The van der Waals surface area contributed by atoms with Gasteiger partial charge >= 0.3 is 5.97 Å². The molecule has 4 nitrogen and oxygen atoms in total. The molecule has 0 saturated carbocycles. The quantitative estimate of drug-likeness (QED) is 0.823. The lowest BCUT2D eigenvalue weighted by molar-refractivity contribution is -0.129. The second-order valence-electron chi connectivity index (χ2n) is 3.93. The molecule has 0 unspecified atom stereocenters. The van der Waals surface area contributed by atoms with Gasteiger partial charge in [-0.3, -0.25) is 4.79 Å². The topological polar surface area (TPSA) is 70.2 Å². The Balaban J connectivity index is 3.52. The fourth-order valence-corrected chi connectivity index (χ4v) is 2.23. The van der Waals surface area contributed by atoms with Gasteiger partial charge in [0.15, 0.2) is 0 Å². The summed E-state index contributed by atoms with van der Waals surface area (Å²) in [5.41, 5.74) is 0.648. The highest BCUT2D eigenvalue weighted by Gasteiger charge is 2.01. The van der Waals surface area contributed by atoms with Crippen molar-refractivity contribution < 1.29 is 9.90 Å². The summed E-state index contributed by atoms with van der Waals surface area (Å²) >= 11 is 1.49. The largest absolute Gasteiger partial charge is 0.478 e. The zero-order valence-electron chi connectivity index (χ0n) is 10.5. The number of nitrogens with one attached hydrogen (secondary N) is 1. The normalized spacial score (nSPS) is 13.0. The van der Waals surface area contributed by atoms with Crippen molar-refractivity contribution in [3.05, 3.63) is 32.6 Å². The summed E-state index contributed by atoms with van der Waals surface area (Å²) in [4.78, 5) is 24.9. The standard InChI is InChI=1S/C13H17NO3S/c1-3-4-5-9-6-12(15)14-11(7-13(16)17)10(9)8-18-2/h6-8H,3-5H2,1-2H3,(H,14,15)(H,16,17)/b10-8-,11-7-. The second-order valence-corrected chi connectivity index (χ2v) is 4.63. The van der Waals surface area contributed by atoms with Crippen molar-refractivity contribution in [3.63, 3.8) is 0 Å². The maximum atomic E-state index is 11.5. The molecule has 18 heavy (non-hydrogen) atoms. The molecule has 0 aromatic carbocycles. The van der Waals surface area contributed by atoms with E-state index in [0.717, 1.165) is 36.1 Å². The predicted molar refractivity (Wildman–Crippen MR) is 75.0 cm³/mol. The average molecular weight is 267 g/mol. The first kappa shape index (κ1) is 14.6. The zero-order valence-corrected chi connectivity index (χ0v) is 11.3. The Morgan fingerprint density at radius 2 is 2.28 bits per heavy atom. The Morgan fingerprint density at radius 3 is 2.83 bits per heavy atom. The number of aromatic amines is 1. The molecule has 0 atom stereocenters. The van der Waals surface area contributed by atoms with E-state index in [2.05, 4.69) is 11.9 Å². The Morgan fingerprint density at radius 1 is 1.56 bits per heavy atom. The number of hydrogen-bond acceptors (Lipinski definition) is 3. The first-order valence-electron chi connectivity index (χ1n) is 5.78. The first-order chi connectivity index (χ1) is 8.58. The van der Waals surface area contributed by atoms with Crippen molar-refractivity contribution >= 4 is 29.2 Å². The van der Waals surface area contributed by atoms with Crippen molar-refractivity contribution in [2.24, 2.45) is 0 Å². The fourth-order valence-electron chi connectivity index (χ4n) is 1.71. The van der Waals surface area contributed by atoms with E-state index in [1.807, 2.05) is 11.7 Å². The number of hydrogen-bond donors (Lipinski definition) is 2. The van der Waals surface area contributed by atoms with E-state index in [1.54, 1.807) is 6.07 Å². The number of aryl methyl sites for hydroxylation is 1. The summed E-state index contributed by atoms with van der Waals surface area (Å²) in [5.74, 6) is -1.06. The van der Waals surface area contributed by atoms with E-state index in [1.165, 1.54) is 11.8 Å². The Labute approximate surface area is 109 Å². The van der Waals surface area contributed by atoms with E-state index >= 15 is 0 Å². The molecule has 98 valence electrons. The van der Waals surface area contributed by atoms with Gasteiger partial charge in [0.1, 0.15) is 0 Å². The molecule has 0 aliphatic rings. The van der Waals surface area contributed by atoms with E-state index in [9.17, 15) is 9.59 Å². The van der Waals surface area contributed by atoms with Gasteiger partial charge in [0.05, 0.1) is 5.35 Å². The molecule has 2 N–H and O–H groups in total. The second kappa shape index (κ2) is 7.06. The van der Waals surface area contributed by atoms with Crippen LogP contribution in [0.2, 0.25) is 0 Å². The van der Waals surface area contributed by atoms with Gasteiger partial charge < -0.3 is 10.1 Å². The van der Waals surface area contributed by atoms with Crippen LogP contribution in [-0.2, 0) is 11.2 Å². The van der Waals surface area contributed by atoms with E-state index in [-0.39, 0.29) is 5.56 Å². The van der Waals surface area contributed by atoms with Crippen LogP contribution in [0.25, 0.3) is 11.5 Å². The molecule has 1 rings (SSSR count). The summed E-state index contributed by atoms with van der Waals surface area (Å²) in [7, 11) is 0. The summed E-state index contributed by atoms with van der Waals surface area (Å²) in [6.45, 7) is 2.08.